The number of hydrogen-bond acceptors (Lipinski definition) is 5. The minimum absolute atomic E-state index is 0.735. The van der Waals surface area contributed by atoms with Crippen molar-refractivity contribution in [3.63, 3.8) is 0 Å². The van der Waals surface area contributed by atoms with Crippen molar-refractivity contribution >= 4 is 50.4 Å². The maximum Gasteiger partial charge on any atom is 0.151 e. The molecule has 0 fully saturated rings. The molecule has 7 aromatic rings. The fourth-order valence-electron chi connectivity index (χ4n) is 6.53. The molecule has 0 atom stereocenters. The van der Waals surface area contributed by atoms with Gasteiger partial charge >= 0.3 is 0 Å². The molecule has 0 spiro atoms. The molecule has 2 aromatic heterocycles. The van der Waals surface area contributed by atoms with Gasteiger partial charge < -0.3 is 19.4 Å². The van der Waals surface area contributed by atoms with Crippen molar-refractivity contribution in [3.05, 3.63) is 140 Å². The number of anilines is 4. The quantitative estimate of drug-likeness (QED) is 0.211. The minimum atomic E-state index is 0.735. The van der Waals surface area contributed by atoms with Crippen LogP contribution in [0.2, 0.25) is 0 Å². The number of aromatic nitrogens is 3. The molecule has 0 aliphatic carbocycles. The van der Waals surface area contributed by atoms with Crippen LogP contribution in [0.5, 0.6) is 11.5 Å². The zero-order chi connectivity index (χ0) is 29.2. The van der Waals surface area contributed by atoms with Crippen molar-refractivity contribution in [1.82, 2.24) is 19.2 Å². The average Bonchev–Trinajstić information content (AvgIpc) is 3.82. The maximum absolute atomic E-state index is 6.37. The third-order valence-electron chi connectivity index (χ3n) is 8.53. The van der Waals surface area contributed by atoms with Crippen LogP contribution >= 0.6 is 0 Å². The molecule has 0 N–H and O–H groups in total. The van der Waals surface area contributed by atoms with E-state index in [1.165, 1.54) is 21.8 Å². The Morgan fingerprint density at radius 2 is 1.36 bits per heavy atom. The largest absolute Gasteiger partial charge is 0.453 e. The number of fused-ring (bicyclic) bond motifs is 5. The van der Waals surface area contributed by atoms with Crippen LogP contribution in [-0.2, 0) is 0 Å². The second kappa shape index (κ2) is 9.54. The molecule has 0 amide bonds. The number of rotatable bonds is 4. The number of para-hydroxylation sites is 4. The van der Waals surface area contributed by atoms with Crippen molar-refractivity contribution in [2.45, 2.75) is 0 Å². The molecule has 9 rings (SSSR count). The van der Waals surface area contributed by atoms with E-state index in [0.717, 1.165) is 52.4 Å². The number of ether oxygens (including phenoxy) is 1. The van der Waals surface area contributed by atoms with E-state index < -0.39 is 0 Å². The lowest BCUT2D eigenvalue weighted by molar-refractivity contribution is 0.477. The van der Waals surface area contributed by atoms with Gasteiger partial charge in [0.15, 0.2) is 11.5 Å². The van der Waals surface area contributed by atoms with Gasteiger partial charge in [-0.2, -0.15) is 5.10 Å². The smallest absolute Gasteiger partial charge is 0.151 e. The van der Waals surface area contributed by atoms with E-state index in [9.17, 15) is 0 Å². The fraction of sp³-hybridized carbons (Fsp3) is 0.0541. The lowest BCUT2D eigenvalue weighted by Gasteiger charge is -2.33. The maximum atomic E-state index is 6.37. The van der Waals surface area contributed by atoms with E-state index >= 15 is 0 Å². The van der Waals surface area contributed by atoms with Crippen LogP contribution in [0.4, 0.5) is 22.7 Å². The molecule has 0 radical (unpaired) electrons. The highest BCUT2D eigenvalue weighted by molar-refractivity contribution is 6.10. The predicted molar refractivity (Wildman–Crippen MR) is 177 cm³/mol. The molecule has 212 valence electrons. The monoisotopic (exact) mass is 572 g/mol. The third kappa shape index (κ3) is 3.72. The second-order valence-corrected chi connectivity index (χ2v) is 11.2. The highest BCUT2D eigenvalue weighted by atomic mass is 16.5. The van der Waals surface area contributed by atoms with Gasteiger partial charge in [-0.25, -0.2) is 4.68 Å². The van der Waals surface area contributed by atoms with Crippen LogP contribution in [-0.4, -0.2) is 33.0 Å². The van der Waals surface area contributed by atoms with Crippen molar-refractivity contribution in [2.75, 3.05) is 23.5 Å². The molecule has 2 aliphatic rings. The van der Waals surface area contributed by atoms with Crippen molar-refractivity contribution in [1.29, 1.82) is 0 Å². The summed E-state index contributed by atoms with van der Waals surface area (Å²) in [5.74, 6) is 2.77. The first-order valence-electron chi connectivity index (χ1n) is 14.7. The van der Waals surface area contributed by atoms with Gasteiger partial charge in [0, 0.05) is 47.8 Å². The summed E-state index contributed by atoms with van der Waals surface area (Å²) in [7, 11) is 2.16. The Labute approximate surface area is 254 Å². The highest BCUT2D eigenvalue weighted by Crippen LogP contribution is 2.51. The number of benzene rings is 5. The molecular weight excluding hydrogens is 544 g/mol. The molecule has 0 unspecified atom stereocenters. The van der Waals surface area contributed by atoms with Crippen LogP contribution in [0, 0.1) is 0 Å². The van der Waals surface area contributed by atoms with Gasteiger partial charge in [0.1, 0.15) is 5.82 Å². The zero-order valence-corrected chi connectivity index (χ0v) is 24.1. The van der Waals surface area contributed by atoms with Gasteiger partial charge in [0.05, 0.1) is 34.8 Å². The molecule has 5 aromatic carbocycles. The van der Waals surface area contributed by atoms with Crippen LogP contribution in [0.15, 0.2) is 140 Å². The molecular formula is C37H28N6O. The summed E-state index contributed by atoms with van der Waals surface area (Å²) in [4.78, 5) is 6.90. The predicted octanol–water partition coefficient (Wildman–Crippen LogP) is 8.72. The molecule has 4 heterocycles. The molecule has 7 heteroatoms. The minimum Gasteiger partial charge on any atom is -0.453 e. The van der Waals surface area contributed by atoms with E-state index in [-0.39, 0.29) is 0 Å². The zero-order valence-electron chi connectivity index (χ0n) is 24.1. The summed E-state index contributed by atoms with van der Waals surface area (Å²) in [6.07, 6.45) is 6.00. The van der Waals surface area contributed by atoms with E-state index in [1.807, 2.05) is 41.2 Å². The molecule has 2 aliphatic heterocycles. The van der Waals surface area contributed by atoms with Gasteiger partial charge in [-0.15, -0.1) is 0 Å². The average molecular weight is 573 g/mol. The summed E-state index contributed by atoms with van der Waals surface area (Å²) < 4.78 is 10.6. The Bertz CT molecular complexity index is 2180. The lowest BCUT2D eigenvalue weighted by Crippen LogP contribution is -2.24. The third-order valence-corrected chi connectivity index (χ3v) is 8.53. The Balaban J connectivity index is 1.16. The lowest BCUT2D eigenvalue weighted by atomic mass is 10.1. The van der Waals surface area contributed by atoms with Crippen molar-refractivity contribution in [2.24, 2.45) is 0 Å². The van der Waals surface area contributed by atoms with Gasteiger partial charge in [-0.1, -0.05) is 54.6 Å². The molecule has 0 saturated carbocycles. The first kappa shape index (κ1) is 24.6. The van der Waals surface area contributed by atoms with E-state index in [1.54, 1.807) is 6.20 Å². The topological polar surface area (TPSA) is 41.7 Å². The fourth-order valence-corrected chi connectivity index (χ4v) is 6.53. The summed E-state index contributed by atoms with van der Waals surface area (Å²) in [6.45, 7) is 0.735. The second-order valence-electron chi connectivity index (χ2n) is 11.2. The first-order chi connectivity index (χ1) is 21.7. The Morgan fingerprint density at radius 3 is 2.16 bits per heavy atom. The SMILES string of the molecule is CN1CN(c2cccc(N3c4ccccc4Oc4ccc(-n5cccn5)cc43)c2)C=C1n1c2ccccc2c2ccccc21. The van der Waals surface area contributed by atoms with Gasteiger partial charge in [0.2, 0.25) is 0 Å². The Morgan fingerprint density at radius 1 is 0.636 bits per heavy atom. The standard InChI is InChI=1S/C37H28N6O/c1-39-25-40(24-37(39)43-31-14-4-2-12-29(31)30-13-3-5-15-32(30)43)26-10-8-11-28(22-26)42-33-16-6-7-17-35(33)44-36-19-18-27(23-34(36)42)41-21-9-20-38-41/h2-24H,25H2,1H3. The van der Waals surface area contributed by atoms with Crippen LogP contribution in [0.25, 0.3) is 33.3 Å². The number of hydrogen-bond donors (Lipinski definition) is 0. The van der Waals surface area contributed by atoms with Crippen molar-refractivity contribution in [3.8, 4) is 17.2 Å². The normalized spacial score (nSPS) is 14.1. The highest BCUT2D eigenvalue weighted by Gasteiger charge is 2.28. The summed E-state index contributed by atoms with van der Waals surface area (Å²) >= 11 is 0. The first-order valence-corrected chi connectivity index (χ1v) is 14.7. The van der Waals surface area contributed by atoms with Gasteiger partial charge in [0.25, 0.3) is 0 Å². The Hall–Kier alpha value is -5.95. The molecule has 7 nitrogen and oxygen atoms in total. The van der Waals surface area contributed by atoms with Crippen LogP contribution in [0.1, 0.15) is 0 Å². The van der Waals surface area contributed by atoms with Crippen LogP contribution in [0.3, 0.4) is 0 Å². The molecule has 0 bridgehead atoms. The van der Waals surface area contributed by atoms with Gasteiger partial charge in [-0.3, -0.25) is 4.57 Å². The molecule has 0 saturated heterocycles. The number of nitrogens with zero attached hydrogens (tertiary/aromatic N) is 6. The van der Waals surface area contributed by atoms with Crippen LogP contribution < -0.4 is 14.5 Å². The Kier molecular flexibility index (Phi) is 5.34. The van der Waals surface area contributed by atoms with E-state index in [2.05, 4.69) is 129 Å². The van der Waals surface area contributed by atoms with Crippen molar-refractivity contribution < 1.29 is 4.74 Å². The summed E-state index contributed by atoms with van der Waals surface area (Å²) in [5, 5.41) is 6.98. The summed E-state index contributed by atoms with van der Waals surface area (Å²) in [6, 6.07) is 42.3. The molecule has 44 heavy (non-hydrogen) atoms. The van der Waals surface area contributed by atoms with Gasteiger partial charge in [-0.05, 0) is 66.7 Å². The summed E-state index contributed by atoms with van der Waals surface area (Å²) in [5.41, 5.74) is 7.51. The van der Waals surface area contributed by atoms with E-state index in [0.29, 0.717) is 0 Å². The van der Waals surface area contributed by atoms with E-state index in [4.69, 9.17) is 4.74 Å².